The lowest BCUT2D eigenvalue weighted by atomic mass is 10.4. The fraction of sp³-hybridized carbons (Fsp3) is 0.455. The molecule has 1 aromatic rings. The second-order valence-corrected chi connectivity index (χ2v) is 3.62. The van der Waals surface area contributed by atoms with Gasteiger partial charge in [-0.15, -0.1) is 0 Å². The van der Waals surface area contributed by atoms with E-state index in [1.165, 1.54) is 0 Å². The van der Waals surface area contributed by atoms with Crippen LogP contribution in [0.2, 0.25) is 0 Å². The molecule has 0 aromatic carbocycles. The quantitative estimate of drug-likeness (QED) is 0.778. The molecule has 1 fully saturated rings. The van der Waals surface area contributed by atoms with E-state index in [2.05, 4.69) is 10.3 Å². The molecule has 0 radical (unpaired) electrons. The summed E-state index contributed by atoms with van der Waals surface area (Å²) in [6.45, 7) is 2.73. The molecule has 86 valence electrons. The van der Waals surface area contributed by atoms with Gasteiger partial charge in [0.05, 0.1) is 18.5 Å². The first-order chi connectivity index (χ1) is 7.86. The van der Waals surface area contributed by atoms with Gasteiger partial charge in [0.25, 0.3) is 0 Å². The fourth-order valence-electron chi connectivity index (χ4n) is 1.59. The maximum atomic E-state index is 11.9. The Morgan fingerprint density at radius 2 is 2.38 bits per heavy atom. The van der Waals surface area contributed by atoms with Gasteiger partial charge in [0.2, 0.25) is 0 Å². The SMILES string of the molecule is O=C(Nc1cccnc1)N1CCCOCC1. The van der Waals surface area contributed by atoms with Crippen LogP contribution in [-0.4, -0.2) is 42.2 Å². The number of amides is 2. The number of pyridine rings is 1. The Balaban J connectivity index is 1.92. The maximum absolute atomic E-state index is 11.9. The van der Waals surface area contributed by atoms with Crippen LogP contribution >= 0.6 is 0 Å². The van der Waals surface area contributed by atoms with E-state index >= 15 is 0 Å². The molecule has 0 unspecified atom stereocenters. The summed E-state index contributed by atoms with van der Waals surface area (Å²) in [5.41, 5.74) is 0.720. The standard InChI is InChI=1S/C11H15N3O2/c15-11(13-10-3-1-4-12-9-10)14-5-2-7-16-8-6-14/h1,3-4,9H,2,5-8H2,(H,13,15). The normalized spacial score (nSPS) is 16.6. The molecule has 1 saturated heterocycles. The van der Waals surface area contributed by atoms with Crippen LogP contribution < -0.4 is 5.32 Å². The van der Waals surface area contributed by atoms with E-state index in [4.69, 9.17) is 4.74 Å². The van der Waals surface area contributed by atoms with Crippen molar-refractivity contribution in [1.82, 2.24) is 9.88 Å². The summed E-state index contributed by atoms with van der Waals surface area (Å²) in [5.74, 6) is 0. The number of nitrogens with zero attached hydrogens (tertiary/aromatic N) is 2. The Morgan fingerprint density at radius 3 is 3.19 bits per heavy atom. The number of hydrogen-bond acceptors (Lipinski definition) is 3. The number of ether oxygens (including phenoxy) is 1. The van der Waals surface area contributed by atoms with E-state index in [1.54, 1.807) is 23.4 Å². The predicted octanol–water partition coefficient (Wildman–Crippen LogP) is 1.34. The van der Waals surface area contributed by atoms with Gasteiger partial charge in [-0.05, 0) is 18.6 Å². The highest BCUT2D eigenvalue weighted by molar-refractivity contribution is 5.89. The third-order valence-electron chi connectivity index (χ3n) is 2.42. The molecule has 0 aliphatic carbocycles. The van der Waals surface area contributed by atoms with Crippen molar-refractivity contribution in [1.29, 1.82) is 0 Å². The molecule has 2 amide bonds. The minimum Gasteiger partial charge on any atom is -0.380 e. The summed E-state index contributed by atoms with van der Waals surface area (Å²) in [4.78, 5) is 17.6. The molecule has 2 rings (SSSR count). The van der Waals surface area contributed by atoms with Crippen LogP contribution in [0, 0.1) is 0 Å². The van der Waals surface area contributed by atoms with Gasteiger partial charge in [0.1, 0.15) is 0 Å². The van der Waals surface area contributed by atoms with Crippen LogP contribution in [-0.2, 0) is 4.74 Å². The summed E-state index contributed by atoms with van der Waals surface area (Å²) in [5, 5.41) is 2.81. The lowest BCUT2D eigenvalue weighted by molar-refractivity contribution is 0.144. The van der Waals surface area contributed by atoms with Gasteiger partial charge < -0.3 is 15.0 Å². The average molecular weight is 221 g/mol. The Morgan fingerprint density at radius 1 is 1.44 bits per heavy atom. The van der Waals surface area contributed by atoms with Gasteiger partial charge in [-0.1, -0.05) is 0 Å². The monoisotopic (exact) mass is 221 g/mol. The Bertz CT molecular complexity index is 334. The van der Waals surface area contributed by atoms with E-state index in [-0.39, 0.29) is 6.03 Å². The first-order valence-corrected chi connectivity index (χ1v) is 5.40. The van der Waals surface area contributed by atoms with E-state index in [0.717, 1.165) is 25.3 Å². The fourth-order valence-corrected chi connectivity index (χ4v) is 1.59. The molecule has 1 N–H and O–H groups in total. The number of nitrogens with one attached hydrogen (secondary N) is 1. The molecule has 0 saturated carbocycles. The van der Waals surface area contributed by atoms with E-state index < -0.39 is 0 Å². The molecule has 2 heterocycles. The number of carbonyl (C=O) groups is 1. The second-order valence-electron chi connectivity index (χ2n) is 3.62. The topological polar surface area (TPSA) is 54.5 Å². The number of rotatable bonds is 1. The third-order valence-corrected chi connectivity index (χ3v) is 2.42. The van der Waals surface area contributed by atoms with Crippen molar-refractivity contribution in [3.8, 4) is 0 Å². The molecule has 16 heavy (non-hydrogen) atoms. The van der Waals surface area contributed by atoms with Crippen LogP contribution in [0.15, 0.2) is 24.5 Å². The van der Waals surface area contributed by atoms with Crippen LogP contribution in [0.3, 0.4) is 0 Å². The van der Waals surface area contributed by atoms with Gasteiger partial charge in [-0.25, -0.2) is 4.79 Å². The predicted molar refractivity (Wildman–Crippen MR) is 60.3 cm³/mol. The molecule has 5 nitrogen and oxygen atoms in total. The maximum Gasteiger partial charge on any atom is 0.321 e. The Kier molecular flexibility index (Phi) is 3.71. The van der Waals surface area contributed by atoms with Crippen molar-refractivity contribution in [2.24, 2.45) is 0 Å². The molecule has 0 atom stereocenters. The van der Waals surface area contributed by atoms with Crippen molar-refractivity contribution in [3.63, 3.8) is 0 Å². The van der Waals surface area contributed by atoms with Gasteiger partial charge in [-0.2, -0.15) is 0 Å². The summed E-state index contributed by atoms with van der Waals surface area (Å²) in [6, 6.07) is 3.53. The molecule has 5 heteroatoms. The molecular weight excluding hydrogens is 206 g/mol. The first kappa shape index (κ1) is 10.9. The largest absolute Gasteiger partial charge is 0.380 e. The van der Waals surface area contributed by atoms with Crippen LogP contribution in [0.4, 0.5) is 10.5 Å². The molecule has 1 aliphatic heterocycles. The smallest absolute Gasteiger partial charge is 0.321 e. The summed E-state index contributed by atoms with van der Waals surface area (Å²) in [6.07, 6.45) is 4.20. The minimum absolute atomic E-state index is 0.0847. The summed E-state index contributed by atoms with van der Waals surface area (Å²) < 4.78 is 5.29. The number of anilines is 1. The van der Waals surface area contributed by atoms with E-state index in [0.29, 0.717) is 13.2 Å². The molecule has 0 bridgehead atoms. The van der Waals surface area contributed by atoms with Gasteiger partial charge >= 0.3 is 6.03 Å². The highest BCUT2D eigenvalue weighted by Gasteiger charge is 2.15. The van der Waals surface area contributed by atoms with Crippen LogP contribution in [0.5, 0.6) is 0 Å². The van der Waals surface area contributed by atoms with E-state index in [1.807, 2.05) is 6.07 Å². The zero-order valence-corrected chi connectivity index (χ0v) is 9.06. The highest BCUT2D eigenvalue weighted by atomic mass is 16.5. The van der Waals surface area contributed by atoms with Crippen molar-refractivity contribution in [2.45, 2.75) is 6.42 Å². The molecule has 1 aliphatic rings. The van der Waals surface area contributed by atoms with Gasteiger partial charge in [-0.3, -0.25) is 4.98 Å². The lowest BCUT2D eigenvalue weighted by Gasteiger charge is -2.19. The van der Waals surface area contributed by atoms with Gasteiger partial charge in [0, 0.05) is 25.9 Å². The van der Waals surface area contributed by atoms with Crippen molar-refractivity contribution in [3.05, 3.63) is 24.5 Å². The van der Waals surface area contributed by atoms with E-state index in [9.17, 15) is 4.79 Å². The van der Waals surface area contributed by atoms with Crippen LogP contribution in [0.25, 0.3) is 0 Å². The Labute approximate surface area is 94.4 Å². The van der Waals surface area contributed by atoms with Crippen molar-refractivity contribution < 1.29 is 9.53 Å². The first-order valence-electron chi connectivity index (χ1n) is 5.40. The summed E-state index contributed by atoms with van der Waals surface area (Å²) >= 11 is 0. The van der Waals surface area contributed by atoms with Crippen molar-refractivity contribution >= 4 is 11.7 Å². The number of aromatic nitrogens is 1. The van der Waals surface area contributed by atoms with Gasteiger partial charge in [0.15, 0.2) is 0 Å². The lowest BCUT2D eigenvalue weighted by Crippen LogP contribution is -2.36. The Hall–Kier alpha value is -1.62. The minimum atomic E-state index is -0.0847. The number of carbonyl (C=O) groups excluding carboxylic acids is 1. The molecule has 1 aromatic heterocycles. The van der Waals surface area contributed by atoms with Crippen molar-refractivity contribution in [2.75, 3.05) is 31.6 Å². The molecular formula is C11H15N3O2. The molecule has 0 spiro atoms. The number of hydrogen-bond donors (Lipinski definition) is 1. The summed E-state index contributed by atoms with van der Waals surface area (Å²) in [7, 11) is 0. The number of urea groups is 1. The third kappa shape index (κ3) is 2.93. The zero-order valence-electron chi connectivity index (χ0n) is 9.06. The zero-order chi connectivity index (χ0) is 11.2. The second kappa shape index (κ2) is 5.46. The average Bonchev–Trinajstić information content (AvgIpc) is 2.59. The highest BCUT2D eigenvalue weighted by Crippen LogP contribution is 2.06. The van der Waals surface area contributed by atoms with Crippen LogP contribution in [0.1, 0.15) is 6.42 Å².